The topological polar surface area (TPSA) is 83.8 Å². The molecule has 12 heteroatoms. The van der Waals surface area contributed by atoms with Crippen LogP contribution in [-0.2, 0) is 16.0 Å². The largest absolute Gasteiger partial charge is 0.434 e. The van der Waals surface area contributed by atoms with Crippen molar-refractivity contribution in [1.82, 2.24) is 14.7 Å². The van der Waals surface area contributed by atoms with E-state index in [-0.39, 0.29) is 39.1 Å². The van der Waals surface area contributed by atoms with Gasteiger partial charge in [-0.1, -0.05) is 17.7 Å². The molecular weight excluding hydrogens is 505 g/mol. The van der Waals surface area contributed by atoms with Crippen molar-refractivity contribution in [2.75, 3.05) is 18.2 Å². The molecule has 4 rings (SSSR count). The van der Waals surface area contributed by atoms with Crippen molar-refractivity contribution in [3.63, 3.8) is 0 Å². The summed E-state index contributed by atoms with van der Waals surface area (Å²) in [5.74, 6) is 0.227. The van der Waals surface area contributed by atoms with E-state index in [1.54, 1.807) is 12.1 Å². The first-order valence-corrected chi connectivity index (χ1v) is 13.2. The summed E-state index contributed by atoms with van der Waals surface area (Å²) in [4.78, 5) is 18.4. The van der Waals surface area contributed by atoms with E-state index in [9.17, 15) is 26.4 Å². The molecule has 0 aliphatic heterocycles. The Bertz CT molecular complexity index is 1370. The first-order valence-electron chi connectivity index (χ1n) is 10.9. The molecule has 0 radical (unpaired) electrons. The van der Waals surface area contributed by atoms with Gasteiger partial charge in [0.05, 0.1) is 15.5 Å². The number of hydrogen-bond donors (Lipinski definition) is 1. The highest BCUT2D eigenvalue weighted by molar-refractivity contribution is 7.90. The zero-order chi connectivity index (χ0) is 25.5. The second-order valence-electron chi connectivity index (χ2n) is 8.74. The van der Waals surface area contributed by atoms with Gasteiger partial charge in [-0.05, 0) is 56.0 Å². The number of carbonyl (C=O) groups excluding carboxylic acids is 1. The summed E-state index contributed by atoms with van der Waals surface area (Å²) in [6, 6.07) is 8.95. The van der Waals surface area contributed by atoms with Gasteiger partial charge in [-0.15, -0.1) is 0 Å². The van der Waals surface area contributed by atoms with Gasteiger partial charge in [-0.3, -0.25) is 9.20 Å². The number of sulfone groups is 1. The summed E-state index contributed by atoms with van der Waals surface area (Å²) >= 11 is 6.15. The molecule has 1 amide bonds. The minimum Gasteiger partial charge on any atom is -0.358 e. The monoisotopic (exact) mass is 528 g/mol. The molecule has 2 aromatic heterocycles. The summed E-state index contributed by atoms with van der Waals surface area (Å²) in [5.41, 5.74) is -0.514. The van der Waals surface area contributed by atoms with Gasteiger partial charge in [0.2, 0.25) is 0 Å². The van der Waals surface area contributed by atoms with E-state index < -0.39 is 21.7 Å². The summed E-state index contributed by atoms with van der Waals surface area (Å²) in [7, 11) is -1.59. The number of nitrogens with zero attached hydrogens (tertiary/aromatic N) is 3. The van der Waals surface area contributed by atoms with Gasteiger partial charge in [-0.25, -0.2) is 13.4 Å². The number of alkyl halides is 3. The molecule has 1 aliphatic carbocycles. The maximum atomic E-state index is 13.1. The lowest BCUT2D eigenvalue weighted by Gasteiger charge is -2.36. The van der Waals surface area contributed by atoms with Crippen LogP contribution in [0.1, 0.15) is 41.7 Å². The number of pyridine rings is 1. The molecule has 3 aromatic rings. The van der Waals surface area contributed by atoms with E-state index >= 15 is 0 Å². The highest BCUT2D eigenvalue weighted by Gasteiger charge is 2.34. The Morgan fingerprint density at radius 3 is 2.46 bits per heavy atom. The van der Waals surface area contributed by atoms with Crippen molar-refractivity contribution < 1.29 is 26.4 Å². The number of hydrogen-bond acceptors (Lipinski definition) is 5. The smallest absolute Gasteiger partial charge is 0.358 e. The van der Waals surface area contributed by atoms with Gasteiger partial charge < -0.3 is 10.2 Å². The van der Waals surface area contributed by atoms with Gasteiger partial charge >= 0.3 is 6.18 Å². The van der Waals surface area contributed by atoms with E-state index in [1.807, 2.05) is 11.9 Å². The zero-order valence-electron chi connectivity index (χ0n) is 19.0. The fourth-order valence-corrected chi connectivity index (χ4v) is 5.37. The van der Waals surface area contributed by atoms with Crippen molar-refractivity contribution in [2.24, 2.45) is 0 Å². The van der Waals surface area contributed by atoms with Crippen LogP contribution in [0.2, 0.25) is 5.02 Å². The number of carbonyl (C=O) groups is 1. The number of aromatic nitrogens is 2. The number of benzene rings is 1. The van der Waals surface area contributed by atoms with Crippen molar-refractivity contribution >= 4 is 38.8 Å². The molecule has 1 aliphatic rings. The van der Waals surface area contributed by atoms with E-state index in [0.717, 1.165) is 25.3 Å². The standard InChI is InChI=1S/C23H24ClF3N4O3S/c1-30(21-5-3-4-20-29-19(13-31(20)21)23(25,26)27)15-8-6-14(7-9-15)28-22(32)17-11-10-16(12-18(17)24)35(2,33)34/h3-5,10-15H,6-9H2,1-2H3,(H,28,32). The van der Waals surface area contributed by atoms with Crippen LogP contribution < -0.4 is 10.2 Å². The third-order valence-electron chi connectivity index (χ3n) is 6.32. The molecule has 0 bridgehead atoms. The number of fused-ring (bicyclic) bond motifs is 1. The number of amides is 1. The Labute approximate surface area is 205 Å². The number of anilines is 1. The van der Waals surface area contributed by atoms with E-state index in [0.29, 0.717) is 18.7 Å². The van der Waals surface area contributed by atoms with Crippen molar-refractivity contribution in [2.45, 2.75) is 48.8 Å². The lowest BCUT2D eigenvalue weighted by atomic mass is 9.90. The first-order chi connectivity index (χ1) is 16.3. The molecule has 1 saturated carbocycles. The molecule has 1 N–H and O–H groups in total. The second-order valence-corrected chi connectivity index (χ2v) is 11.2. The lowest BCUT2D eigenvalue weighted by Crippen LogP contribution is -2.43. The number of imidazole rings is 1. The average molecular weight is 529 g/mol. The Morgan fingerprint density at radius 2 is 1.86 bits per heavy atom. The fraction of sp³-hybridized carbons (Fsp3) is 0.391. The van der Waals surface area contributed by atoms with Crippen LogP contribution in [0.25, 0.3) is 5.65 Å². The van der Waals surface area contributed by atoms with Gasteiger partial charge in [0.25, 0.3) is 5.91 Å². The van der Waals surface area contributed by atoms with E-state index in [4.69, 9.17) is 11.6 Å². The maximum Gasteiger partial charge on any atom is 0.434 e. The van der Waals surface area contributed by atoms with Gasteiger partial charge in [-0.2, -0.15) is 13.2 Å². The molecule has 2 heterocycles. The van der Waals surface area contributed by atoms with Gasteiger partial charge in [0.15, 0.2) is 15.5 Å². The summed E-state index contributed by atoms with van der Waals surface area (Å²) in [6.07, 6.45) is 0.341. The van der Waals surface area contributed by atoms with Crippen molar-refractivity contribution in [1.29, 1.82) is 0 Å². The third-order valence-corrected chi connectivity index (χ3v) is 7.74. The number of rotatable bonds is 5. The predicted octanol–water partition coefficient (Wildman–Crippen LogP) is 4.59. The predicted molar refractivity (Wildman–Crippen MR) is 127 cm³/mol. The van der Waals surface area contributed by atoms with Gasteiger partial charge in [0.1, 0.15) is 11.5 Å². The molecule has 0 unspecified atom stereocenters. The molecule has 0 atom stereocenters. The van der Waals surface area contributed by atoms with Crippen molar-refractivity contribution in [3.8, 4) is 0 Å². The van der Waals surface area contributed by atoms with Crippen LogP contribution in [0.4, 0.5) is 19.0 Å². The highest BCUT2D eigenvalue weighted by Crippen LogP contribution is 2.32. The Kier molecular flexibility index (Phi) is 6.76. The van der Waals surface area contributed by atoms with Crippen LogP contribution in [0.5, 0.6) is 0 Å². The average Bonchev–Trinajstić information content (AvgIpc) is 3.23. The van der Waals surface area contributed by atoms with E-state index in [2.05, 4.69) is 10.3 Å². The number of halogens is 4. The Morgan fingerprint density at radius 1 is 1.17 bits per heavy atom. The van der Waals surface area contributed by atoms with Crippen molar-refractivity contribution in [3.05, 3.63) is 58.9 Å². The molecule has 7 nitrogen and oxygen atoms in total. The molecule has 0 saturated heterocycles. The lowest BCUT2D eigenvalue weighted by molar-refractivity contribution is -0.140. The SMILES string of the molecule is CN(c1cccc2nc(C(F)(F)F)cn12)C1CCC(NC(=O)c2ccc(S(C)(=O)=O)cc2Cl)CC1. The molecular formula is C23H24ClF3N4O3S. The minimum atomic E-state index is -4.52. The third kappa shape index (κ3) is 5.40. The molecule has 1 fully saturated rings. The van der Waals surface area contributed by atoms with Crippen LogP contribution >= 0.6 is 11.6 Å². The molecule has 188 valence electrons. The maximum absolute atomic E-state index is 13.1. The highest BCUT2D eigenvalue weighted by atomic mass is 35.5. The van der Waals surface area contributed by atoms with Crippen LogP contribution in [0, 0.1) is 0 Å². The minimum absolute atomic E-state index is 0.0397. The number of nitrogens with one attached hydrogen (secondary N) is 1. The summed E-state index contributed by atoms with van der Waals surface area (Å²) in [5, 5.41) is 3.01. The normalized spacial score (nSPS) is 19.0. The quantitative estimate of drug-likeness (QED) is 0.524. The Hall–Kier alpha value is -2.79. The molecule has 1 aromatic carbocycles. The molecule has 35 heavy (non-hydrogen) atoms. The fourth-order valence-electron chi connectivity index (χ4n) is 4.39. The van der Waals surface area contributed by atoms with Crippen LogP contribution in [0.15, 0.2) is 47.5 Å². The van der Waals surface area contributed by atoms with Gasteiger partial charge in [0, 0.05) is 31.6 Å². The van der Waals surface area contributed by atoms with E-state index in [1.165, 1.54) is 28.7 Å². The summed E-state index contributed by atoms with van der Waals surface area (Å²) < 4.78 is 64.1. The zero-order valence-corrected chi connectivity index (χ0v) is 20.6. The Balaban J connectivity index is 1.41. The van der Waals surface area contributed by atoms with Crippen LogP contribution in [-0.4, -0.2) is 49.1 Å². The molecule has 0 spiro atoms. The summed E-state index contributed by atoms with van der Waals surface area (Å²) in [6.45, 7) is 0. The second kappa shape index (κ2) is 9.34. The first kappa shape index (κ1) is 25.3. The van der Waals surface area contributed by atoms with Crippen LogP contribution in [0.3, 0.4) is 0 Å².